The molecule has 0 fully saturated rings. The smallest absolute Gasteiger partial charge is 0.290 e. The normalized spacial score (nSPS) is 19.0. The van der Waals surface area contributed by atoms with Gasteiger partial charge in [0.15, 0.2) is 23.0 Å². The summed E-state index contributed by atoms with van der Waals surface area (Å²) in [6.07, 6.45) is 1.50. The van der Waals surface area contributed by atoms with Crippen LogP contribution in [0, 0.1) is 0 Å². The standard InChI is InChI=1S/C18H15NO6/c1-10(20)15-16(11-4-5-13-14(7-11)25-9-24-13)19(18(22)17(15)21)8-12-3-2-6-23-12/h2-7,16,21H,8-9H2,1H3/t16-/m0/s1. The largest absolute Gasteiger partial charge is 0.503 e. The molecule has 1 aromatic carbocycles. The number of ketones is 1. The first-order valence-electron chi connectivity index (χ1n) is 7.73. The molecule has 0 bridgehead atoms. The van der Waals surface area contributed by atoms with E-state index in [0.717, 1.165) is 0 Å². The van der Waals surface area contributed by atoms with E-state index in [1.54, 1.807) is 30.3 Å². The van der Waals surface area contributed by atoms with Crippen LogP contribution in [0.5, 0.6) is 11.5 Å². The van der Waals surface area contributed by atoms with Crippen molar-refractivity contribution >= 4 is 11.7 Å². The van der Waals surface area contributed by atoms with E-state index in [4.69, 9.17) is 13.9 Å². The summed E-state index contributed by atoms with van der Waals surface area (Å²) < 4.78 is 16.0. The highest BCUT2D eigenvalue weighted by Crippen LogP contribution is 2.42. The number of carbonyl (C=O) groups is 2. The monoisotopic (exact) mass is 341 g/mol. The maximum Gasteiger partial charge on any atom is 0.290 e. The maximum absolute atomic E-state index is 12.5. The summed E-state index contributed by atoms with van der Waals surface area (Å²) in [6.45, 7) is 1.58. The molecule has 7 nitrogen and oxygen atoms in total. The second-order valence-corrected chi connectivity index (χ2v) is 5.85. The number of Topliss-reactive ketones (excluding diaryl/α,β-unsaturated/α-hetero) is 1. The number of benzene rings is 1. The van der Waals surface area contributed by atoms with E-state index in [1.807, 2.05) is 0 Å². The molecule has 0 aliphatic carbocycles. The highest BCUT2D eigenvalue weighted by molar-refractivity contribution is 6.08. The average molecular weight is 341 g/mol. The van der Waals surface area contributed by atoms with Crippen LogP contribution in [0.3, 0.4) is 0 Å². The van der Waals surface area contributed by atoms with Gasteiger partial charge in [0, 0.05) is 0 Å². The van der Waals surface area contributed by atoms with Gasteiger partial charge in [0.25, 0.3) is 5.91 Å². The molecule has 4 rings (SSSR count). The molecule has 3 heterocycles. The number of nitrogens with zero attached hydrogens (tertiary/aromatic N) is 1. The van der Waals surface area contributed by atoms with Gasteiger partial charge in [0.1, 0.15) is 5.76 Å². The summed E-state index contributed by atoms with van der Waals surface area (Å²) in [5.41, 5.74) is 0.717. The maximum atomic E-state index is 12.5. The summed E-state index contributed by atoms with van der Waals surface area (Å²) in [5, 5.41) is 10.2. The van der Waals surface area contributed by atoms with Crippen molar-refractivity contribution in [2.45, 2.75) is 19.5 Å². The van der Waals surface area contributed by atoms with Crippen LogP contribution in [0.1, 0.15) is 24.3 Å². The van der Waals surface area contributed by atoms with E-state index in [0.29, 0.717) is 22.8 Å². The van der Waals surface area contributed by atoms with Crippen molar-refractivity contribution in [3.05, 3.63) is 59.3 Å². The van der Waals surface area contributed by atoms with Gasteiger partial charge in [0.2, 0.25) is 6.79 Å². The zero-order valence-corrected chi connectivity index (χ0v) is 13.4. The molecule has 0 spiro atoms. The highest BCUT2D eigenvalue weighted by Gasteiger charge is 2.43. The SMILES string of the molecule is CC(=O)C1=C(O)C(=O)N(Cc2ccco2)[C@H]1c1ccc2c(c1)OCO2. The Morgan fingerprint density at radius 3 is 2.80 bits per heavy atom. The Morgan fingerprint density at radius 2 is 2.08 bits per heavy atom. The third-order valence-corrected chi connectivity index (χ3v) is 4.30. The van der Waals surface area contributed by atoms with Crippen molar-refractivity contribution in [1.82, 2.24) is 4.90 Å². The molecule has 2 aliphatic rings. The molecule has 0 saturated carbocycles. The number of aliphatic hydroxyl groups is 1. The zero-order chi connectivity index (χ0) is 17.6. The van der Waals surface area contributed by atoms with Crippen LogP contribution < -0.4 is 9.47 Å². The molecule has 1 aromatic heterocycles. The second kappa shape index (κ2) is 5.70. The quantitative estimate of drug-likeness (QED) is 0.919. The van der Waals surface area contributed by atoms with Crippen molar-refractivity contribution in [3.8, 4) is 11.5 Å². The first-order valence-corrected chi connectivity index (χ1v) is 7.73. The molecule has 2 aliphatic heterocycles. The molecule has 1 N–H and O–H groups in total. The van der Waals surface area contributed by atoms with Gasteiger partial charge in [-0.1, -0.05) is 6.07 Å². The molecule has 7 heteroatoms. The van der Waals surface area contributed by atoms with E-state index in [-0.39, 0.29) is 24.7 Å². The number of rotatable bonds is 4. The third kappa shape index (κ3) is 2.44. The molecule has 25 heavy (non-hydrogen) atoms. The fourth-order valence-electron chi connectivity index (χ4n) is 3.18. The molecule has 0 radical (unpaired) electrons. The highest BCUT2D eigenvalue weighted by atomic mass is 16.7. The summed E-state index contributed by atoms with van der Waals surface area (Å²) in [5.74, 6) is 0.193. The first kappa shape index (κ1) is 15.3. The van der Waals surface area contributed by atoms with Gasteiger partial charge >= 0.3 is 0 Å². The number of aliphatic hydroxyl groups excluding tert-OH is 1. The fourth-order valence-corrected chi connectivity index (χ4v) is 3.18. The number of ether oxygens (including phenoxy) is 2. The molecule has 128 valence electrons. The minimum absolute atomic E-state index is 0.0652. The van der Waals surface area contributed by atoms with Gasteiger partial charge < -0.3 is 23.9 Å². The Bertz CT molecular complexity index is 883. The molecule has 0 unspecified atom stereocenters. The zero-order valence-electron chi connectivity index (χ0n) is 13.4. The van der Waals surface area contributed by atoms with Crippen LogP contribution in [0.15, 0.2) is 52.3 Å². The van der Waals surface area contributed by atoms with Gasteiger partial charge in [-0.15, -0.1) is 0 Å². The fraction of sp³-hybridized carbons (Fsp3) is 0.222. The van der Waals surface area contributed by atoms with E-state index < -0.39 is 17.7 Å². The van der Waals surface area contributed by atoms with Crippen molar-refractivity contribution in [3.63, 3.8) is 0 Å². The van der Waals surface area contributed by atoms with Gasteiger partial charge in [-0.3, -0.25) is 9.59 Å². The first-order chi connectivity index (χ1) is 12.1. The van der Waals surface area contributed by atoms with Gasteiger partial charge in [-0.2, -0.15) is 0 Å². The Morgan fingerprint density at radius 1 is 1.28 bits per heavy atom. The van der Waals surface area contributed by atoms with E-state index in [2.05, 4.69) is 0 Å². The number of hydrogen-bond donors (Lipinski definition) is 1. The molecule has 0 saturated heterocycles. The minimum Gasteiger partial charge on any atom is -0.503 e. The third-order valence-electron chi connectivity index (χ3n) is 4.30. The number of furan rings is 1. The van der Waals surface area contributed by atoms with E-state index in [1.165, 1.54) is 18.1 Å². The number of fused-ring (bicyclic) bond motifs is 1. The minimum atomic E-state index is -0.718. The Kier molecular flexibility index (Phi) is 3.49. The lowest BCUT2D eigenvalue weighted by Crippen LogP contribution is -2.30. The molecule has 1 atom stereocenters. The predicted molar refractivity (Wildman–Crippen MR) is 84.9 cm³/mol. The summed E-state index contributed by atoms with van der Waals surface area (Å²) in [6, 6.07) is 7.92. The van der Waals surface area contributed by atoms with Crippen LogP contribution in [-0.4, -0.2) is 28.5 Å². The van der Waals surface area contributed by atoms with Crippen LogP contribution in [0.4, 0.5) is 0 Å². The lowest BCUT2D eigenvalue weighted by molar-refractivity contribution is -0.130. The summed E-state index contributed by atoms with van der Waals surface area (Å²) in [7, 11) is 0. The number of hydrogen-bond acceptors (Lipinski definition) is 6. The predicted octanol–water partition coefficient (Wildman–Crippen LogP) is 2.49. The lowest BCUT2D eigenvalue weighted by atomic mass is 9.96. The van der Waals surface area contributed by atoms with Crippen molar-refractivity contribution < 1.29 is 28.6 Å². The van der Waals surface area contributed by atoms with Crippen molar-refractivity contribution in [2.75, 3.05) is 6.79 Å². The topological polar surface area (TPSA) is 89.2 Å². The van der Waals surface area contributed by atoms with Gasteiger partial charge in [0.05, 0.1) is 24.4 Å². The van der Waals surface area contributed by atoms with Crippen molar-refractivity contribution in [1.29, 1.82) is 0 Å². The molecular formula is C18H15NO6. The summed E-state index contributed by atoms with van der Waals surface area (Å²) in [4.78, 5) is 26.0. The molecular weight excluding hydrogens is 326 g/mol. The summed E-state index contributed by atoms with van der Waals surface area (Å²) >= 11 is 0. The Labute approximate surface area is 143 Å². The second-order valence-electron chi connectivity index (χ2n) is 5.85. The van der Waals surface area contributed by atoms with Crippen molar-refractivity contribution in [2.24, 2.45) is 0 Å². The lowest BCUT2D eigenvalue weighted by Gasteiger charge is -2.25. The van der Waals surface area contributed by atoms with Crippen LogP contribution in [0.25, 0.3) is 0 Å². The number of carbonyl (C=O) groups excluding carboxylic acids is 2. The van der Waals surface area contributed by atoms with Gasteiger partial charge in [-0.05, 0) is 36.8 Å². The van der Waals surface area contributed by atoms with Gasteiger partial charge in [-0.25, -0.2) is 0 Å². The molecule has 2 aromatic rings. The Balaban J connectivity index is 1.78. The number of amides is 1. The van der Waals surface area contributed by atoms with Crippen LogP contribution >= 0.6 is 0 Å². The van der Waals surface area contributed by atoms with E-state index in [9.17, 15) is 14.7 Å². The molecule has 1 amide bonds. The van der Waals surface area contributed by atoms with E-state index >= 15 is 0 Å². The van der Waals surface area contributed by atoms with Crippen LogP contribution in [-0.2, 0) is 16.1 Å². The Hall–Kier alpha value is -3.22. The van der Waals surface area contributed by atoms with Crippen LogP contribution in [0.2, 0.25) is 0 Å². The average Bonchev–Trinajstić information content (AvgIpc) is 3.30.